The van der Waals surface area contributed by atoms with Crippen LogP contribution in [0.1, 0.15) is 23.2 Å². The number of benzene rings is 1. The lowest BCUT2D eigenvalue weighted by Crippen LogP contribution is -2.40. The van der Waals surface area contributed by atoms with Crippen molar-refractivity contribution in [3.05, 3.63) is 34.3 Å². The average molecular weight is 372 g/mol. The van der Waals surface area contributed by atoms with E-state index in [9.17, 15) is 14.4 Å². The third-order valence-corrected chi connectivity index (χ3v) is 3.18. The Morgan fingerprint density at radius 1 is 0.955 bits per heavy atom. The summed E-state index contributed by atoms with van der Waals surface area (Å²) in [6.45, 7) is 0.883. The molecule has 0 saturated heterocycles. The molecular formula is C14H18BrN3O4. The molecule has 0 spiro atoms. The fourth-order valence-electron chi connectivity index (χ4n) is 1.56. The molecule has 0 fully saturated rings. The molecule has 0 radical (unpaired) electrons. The lowest BCUT2D eigenvalue weighted by Gasteiger charge is -2.08. The average Bonchev–Trinajstić information content (AvgIpc) is 2.48. The van der Waals surface area contributed by atoms with Crippen molar-refractivity contribution in [2.75, 3.05) is 19.6 Å². The van der Waals surface area contributed by atoms with E-state index in [0.29, 0.717) is 25.1 Å². The maximum atomic E-state index is 11.8. The Kier molecular flexibility index (Phi) is 7.98. The third-order valence-electron chi connectivity index (χ3n) is 2.66. The number of carboxylic acid groups (broad SMARTS) is 1. The molecule has 0 aliphatic heterocycles. The van der Waals surface area contributed by atoms with Crippen LogP contribution in [0.15, 0.2) is 28.7 Å². The highest BCUT2D eigenvalue weighted by atomic mass is 79.9. The molecule has 3 amide bonds. The molecule has 1 rings (SSSR count). The normalized spacial score (nSPS) is 9.86. The first-order chi connectivity index (χ1) is 10.5. The van der Waals surface area contributed by atoms with E-state index >= 15 is 0 Å². The van der Waals surface area contributed by atoms with Crippen LogP contribution in [0.2, 0.25) is 0 Å². The van der Waals surface area contributed by atoms with Crippen molar-refractivity contribution in [1.82, 2.24) is 16.0 Å². The molecule has 0 unspecified atom stereocenters. The fourth-order valence-corrected chi connectivity index (χ4v) is 1.82. The summed E-state index contributed by atoms with van der Waals surface area (Å²) in [7, 11) is 0. The molecule has 1 aromatic rings. The van der Waals surface area contributed by atoms with Crippen molar-refractivity contribution in [2.45, 2.75) is 12.8 Å². The highest BCUT2D eigenvalue weighted by Gasteiger charge is 2.05. The van der Waals surface area contributed by atoms with Gasteiger partial charge in [0.2, 0.25) is 0 Å². The van der Waals surface area contributed by atoms with E-state index in [-0.39, 0.29) is 24.9 Å². The summed E-state index contributed by atoms with van der Waals surface area (Å²) >= 11 is 3.29. The Morgan fingerprint density at radius 3 is 2.18 bits per heavy atom. The van der Waals surface area contributed by atoms with Crippen LogP contribution in [0.3, 0.4) is 0 Å². The highest BCUT2D eigenvalue weighted by Crippen LogP contribution is 2.10. The first kappa shape index (κ1) is 18.0. The zero-order chi connectivity index (χ0) is 16.4. The number of hydrogen-bond donors (Lipinski definition) is 4. The van der Waals surface area contributed by atoms with Gasteiger partial charge in [-0.1, -0.05) is 15.9 Å². The molecule has 4 N–H and O–H groups in total. The zero-order valence-corrected chi connectivity index (χ0v) is 13.5. The Morgan fingerprint density at radius 2 is 1.55 bits per heavy atom. The van der Waals surface area contributed by atoms with E-state index in [4.69, 9.17) is 5.11 Å². The summed E-state index contributed by atoms with van der Waals surface area (Å²) in [5.74, 6) is -1.10. The molecule has 1 aromatic carbocycles. The number of aliphatic carboxylic acids is 1. The van der Waals surface area contributed by atoms with Crippen LogP contribution in [-0.2, 0) is 4.79 Å². The summed E-state index contributed by atoms with van der Waals surface area (Å²) in [6.07, 6.45) is 0.395. The summed E-state index contributed by atoms with van der Waals surface area (Å²) in [4.78, 5) is 33.4. The summed E-state index contributed by atoms with van der Waals surface area (Å²) in [5.41, 5.74) is 0.543. The lowest BCUT2D eigenvalue weighted by atomic mass is 10.2. The number of carboxylic acids is 1. The van der Waals surface area contributed by atoms with Crippen LogP contribution < -0.4 is 16.0 Å². The van der Waals surface area contributed by atoms with Crippen LogP contribution in [0.4, 0.5) is 4.79 Å². The maximum Gasteiger partial charge on any atom is 0.314 e. The van der Waals surface area contributed by atoms with E-state index in [0.717, 1.165) is 4.47 Å². The van der Waals surface area contributed by atoms with Crippen LogP contribution in [-0.4, -0.2) is 42.6 Å². The van der Waals surface area contributed by atoms with Gasteiger partial charge in [-0.15, -0.1) is 0 Å². The number of carbonyl (C=O) groups is 3. The number of nitrogens with one attached hydrogen (secondary N) is 3. The predicted molar refractivity (Wildman–Crippen MR) is 84.7 cm³/mol. The molecule has 0 heterocycles. The predicted octanol–water partition coefficient (Wildman–Crippen LogP) is 1.34. The number of amides is 3. The van der Waals surface area contributed by atoms with Gasteiger partial charge in [-0.2, -0.15) is 0 Å². The van der Waals surface area contributed by atoms with Crippen molar-refractivity contribution < 1.29 is 19.5 Å². The number of urea groups is 1. The van der Waals surface area contributed by atoms with Crippen LogP contribution in [0, 0.1) is 0 Å². The summed E-state index contributed by atoms with van der Waals surface area (Å²) in [5, 5.41) is 16.2. The molecule has 0 aliphatic rings. The fraction of sp³-hybridized carbons (Fsp3) is 0.357. The Hall–Kier alpha value is -2.09. The second-order valence-corrected chi connectivity index (χ2v) is 5.36. The van der Waals surface area contributed by atoms with Gasteiger partial charge in [0, 0.05) is 36.1 Å². The molecule has 0 bridgehead atoms. The lowest BCUT2D eigenvalue weighted by molar-refractivity contribution is -0.137. The van der Waals surface area contributed by atoms with Gasteiger partial charge in [-0.3, -0.25) is 9.59 Å². The quantitative estimate of drug-likeness (QED) is 0.517. The van der Waals surface area contributed by atoms with Crippen molar-refractivity contribution in [1.29, 1.82) is 0 Å². The molecular weight excluding hydrogens is 354 g/mol. The van der Waals surface area contributed by atoms with Gasteiger partial charge in [0.25, 0.3) is 5.91 Å². The van der Waals surface area contributed by atoms with Crippen LogP contribution >= 0.6 is 15.9 Å². The minimum atomic E-state index is -0.891. The minimum Gasteiger partial charge on any atom is -0.481 e. The molecule has 0 aliphatic carbocycles. The van der Waals surface area contributed by atoms with Crippen molar-refractivity contribution in [2.24, 2.45) is 0 Å². The SMILES string of the molecule is O=C(O)CCCNC(=O)NCCNC(=O)c1ccc(Br)cc1. The monoisotopic (exact) mass is 371 g/mol. The second kappa shape index (κ2) is 9.78. The summed E-state index contributed by atoms with van der Waals surface area (Å²) in [6, 6.07) is 6.56. The zero-order valence-electron chi connectivity index (χ0n) is 11.9. The first-order valence-corrected chi connectivity index (χ1v) is 7.55. The van der Waals surface area contributed by atoms with E-state index in [2.05, 4.69) is 31.9 Å². The topological polar surface area (TPSA) is 108 Å². The van der Waals surface area contributed by atoms with Gasteiger partial charge in [-0.05, 0) is 30.7 Å². The molecule has 0 atom stereocenters. The van der Waals surface area contributed by atoms with Gasteiger partial charge in [0.15, 0.2) is 0 Å². The molecule has 0 aromatic heterocycles. The van der Waals surface area contributed by atoms with Crippen molar-refractivity contribution in [3.8, 4) is 0 Å². The molecule has 7 nitrogen and oxygen atoms in total. The second-order valence-electron chi connectivity index (χ2n) is 4.44. The largest absolute Gasteiger partial charge is 0.481 e. The number of halogens is 1. The molecule has 120 valence electrons. The Bertz CT molecular complexity index is 519. The number of hydrogen-bond acceptors (Lipinski definition) is 3. The summed E-state index contributed by atoms with van der Waals surface area (Å²) < 4.78 is 0.894. The van der Waals surface area contributed by atoms with Crippen molar-refractivity contribution in [3.63, 3.8) is 0 Å². The Balaban J connectivity index is 2.11. The van der Waals surface area contributed by atoms with Gasteiger partial charge in [0.05, 0.1) is 0 Å². The van der Waals surface area contributed by atoms with Gasteiger partial charge in [-0.25, -0.2) is 4.79 Å². The highest BCUT2D eigenvalue weighted by molar-refractivity contribution is 9.10. The van der Waals surface area contributed by atoms with Gasteiger partial charge in [0.1, 0.15) is 0 Å². The molecule has 22 heavy (non-hydrogen) atoms. The van der Waals surface area contributed by atoms with E-state index in [1.807, 2.05) is 0 Å². The molecule has 8 heteroatoms. The van der Waals surface area contributed by atoms with Crippen LogP contribution in [0.25, 0.3) is 0 Å². The third kappa shape index (κ3) is 7.63. The van der Waals surface area contributed by atoms with E-state index in [1.54, 1.807) is 24.3 Å². The Labute approximate surface area is 136 Å². The van der Waals surface area contributed by atoms with Crippen LogP contribution in [0.5, 0.6) is 0 Å². The number of carbonyl (C=O) groups excluding carboxylic acids is 2. The minimum absolute atomic E-state index is 0.0174. The van der Waals surface area contributed by atoms with E-state index in [1.165, 1.54) is 0 Å². The van der Waals surface area contributed by atoms with E-state index < -0.39 is 5.97 Å². The standard InChI is InChI=1S/C14H18BrN3O4/c15-11-5-3-10(4-6-11)13(21)16-8-9-18-14(22)17-7-1-2-12(19)20/h3-6H,1-2,7-9H2,(H,16,21)(H,19,20)(H2,17,18,22). The number of rotatable bonds is 8. The van der Waals surface area contributed by atoms with Gasteiger partial charge < -0.3 is 21.1 Å². The first-order valence-electron chi connectivity index (χ1n) is 6.76. The van der Waals surface area contributed by atoms with Crippen molar-refractivity contribution >= 4 is 33.8 Å². The maximum absolute atomic E-state index is 11.8. The van der Waals surface area contributed by atoms with Gasteiger partial charge >= 0.3 is 12.0 Å². The smallest absolute Gasteiger partial charge is 0.314 e. The molecule has 0 saturated carbocycles.